The molecule has 0 atom stereocenters. The zero-order valence-corrected chi connectivity index (χ0v) is 8.27. The molecule has 0 aliphatic heterocycles. The van der Waals surface area contributed by atoms with Crippen LogP contribution in [0.15, 0.2) is 16.9 Å². The molecule has 2 N–H and O–H groups in total. The molecule has 0 aliphatic carbocycles. The van der Waals surface area contributed by atoms with Crippen molar-refractivity contribution in [2.24, 2.45) is 0 Å². The summed E-state index contributed by atoms with van der Waals surface area (Å²) in [6.45, 7) is 0. The summed E-state index contributed by atoms with van der Waals surface area (Å²) < 4.78 is 40.8. The molecule has 0 radical (unpaired) electrons. The number of halogens is 3. The summed E-state index contributed by atoms with van der Waals surface area (Å²) in [5.41, 5.74) is 5.53. The SMILES string of the molecule is Nc1nccnc1-c1nc(CC(F)(F)F)no1. The molecule has 0 fully saturated rings. The van der Waals surface area contributed by atoms with Crippen LogP contribution in [-0.4, -0.2) is 26.3 Å². The smallest absolute Gasteiger partial charge is 0.382 e. The monoisotopic (exact) mass is 245 g/mol. The highest BCUT2D eigenvalue weighted by molar-refractivity contribution is 5.61. The molecule has 0 spiro atoms. The lowest BCUT2D eigenvalue weighted by Crippen LogP contribution is -2.12. The van der Waals surface area contributed by atoms with Crippen molar-refractivity contribution in [2.75, 3.05) is 5.73 Å². The van der Waals surface area contributed by atoms with Gasteiger partial charge in [-0.1, -0.05) is 5.16 Å². The van der Waals surface area contributed by atoms with Crippen molar-refractivity contribution in [3.05, 3.63) is 18.2 Å². The Labute approximate surface area is 92.7 Å². The molecule has 0 aliphatic rings. The number of alkyl halides is 3. The average molecular weight is 245 g/mol. The van der Waals surface area contributed by atoms with Crippen molar-refractivity contribution < 1.29 is 17.7 Å². The third-order valence-electron chi connectivity index (χ3n) is 1.76. The molecule has 0 unspecified atom stereocenters. The molecule has 0 aromatic carbocycles. The zero-order valence-electron chi connectivity index (χ0n) is 8.27. The fourth-order valence-corrected chi connectivity index (χ4v) is 1.11. The summed E-state index contributed by atoms with van der Waals surface area (Å²) in [4.78, 5) is 11.0. The van der Waals surface area contributed by atoms with Crippen LogP contribution >= 0.6 is 0 Å². The lowest BCUT2D eigenvalue weighted by molar-refractivity contribution is -0.128. The third kappa shape index (κ3) is 2.68. The van der Waals surface area contributed by atoms with Crippen LogP contribution in [0.5, 0.6) is 0 Å². The number of nitrogens with two attached hydrogens (primary N) is 1. The normalized spacial score (nSPS) is 11.7. The molecule has 2 rings (SSSR count). The lowest BCUT2D eigenvalue weighted by atomic mass is 10.4. The molecule has 6 nitrogen and oxygen atoms in total. The first-order valence-electron chi connectivity index (χ1n) is 4.42. The van der Waals surface area contributed by atoms with Gasteiger partial charge in [-0.3, -0.25) is 0 Å². The topological polar surface area (TPSA) is 90.7 Å². The van der Waals surface area contributed by atoms with Crippen molar-refractivity contribution >= 4 is 5.82 Å². The maximum Gasteiger partial charge on any atom is 0.396 e. The predicted molar refractivity (Wildman–Crippen MR) is 49.5 cm³/mol. The Morgan fingerprint density at radius 3 is 2.59 bits per heavy atom. The highest BCUT2D eigenvalue weighted by Gasteiger charge is 2.31. The van der Waals surface area contributed by atoms with Gasteiger partial charge < -0.3 is 10.3 Å². The molecule has 90 valence electrons. The van der Waals surface area contributed by atoms with Crippen LogP contribution in [-0.2, 0) is 6.42 Å². The summed E-state index contributed by atoms with van der Waals surface area (Å²) in [7, 11) is 0. The average Bonchev–Trinajstić information content (AvgIpc) is 2.64. The second-order valence-corrected chi connectivity index (χ2v) is 3.10. The Hall–Kier alpha value is -2.19. The maximum absolute atomic E-state index is 12.1. The van der Waals surface area contributed by atoms with Crippen LogP contribution in [0, 0.1) is 0 Å². The fourth-order valence-electron chi connectivity index (χ4n) is 1.11. The van der Waals surface area contributed by atoms with Crippen LogP contribution in [0.1, 0.15) is 5.82 Å². The number of hydrogen-bond donors (Lipinski definition) is 1. The molecular weight excluding hydrogens is 239 g/mol. The number of aromatic nitrogens is 4. The summed E-state index contributed by atoms with van der Waals surface area (Å²) >= 11 is 0. The van der Waals surface area contributed by atoms with Gasteiger partial charge in [0.05, 0.1) is 0 Å². The zero-order chi connectivity index (χ0) is 12.5. The van der Waals surface area contributed by atoms with Gasteiger partial charge in [0.25, 0.3) is 5.89 Å². The van der Waals surface area contributed by atoms with E-state index in [9.17, 15) is 13.2 Å². The number of nitrogen functional groups attached to an aromatic ring is 1. The number of hydrogen-bond acceptors (Lipinski definition) is 6. The minimum absolute atomic E-state index is 0.00899. The van der Waals surface area contributed by atoms with E-state index in [1.54, 1.807) is 0 Å². The van der Waals surface area contributed by atoms with E-state index in [1.807, 2.05) is 0 Å². The molecule has 0 amide bonds. The van der Waals surface area contributed by atoms with E-state index < -0.39 is 18.4 Å². The molecule has 17 heavy (non-hydrogen) atoms. The van der Waals surface area contributed by atoms with E-state index in [1.165, 1.54) is 12.4 Å². The molecule has 0 saturated carbocycles. The van der Waals surface area contributed by atoms with E-state index in [0.717, 1.165) is 0 Å². The van der Waals surface area contributed by atoms with Gasteiger partial charge in [0.15, 0.2) is 17.3 Å². The van der Waals surface area contributed by atoms with Gasteiger partial charge in [0.2, 0.25) is 0 Å². The second kappa shape index (κ2) is 4.00. The van der Waals surface area contributed by atoms with E-state index in [-0.39, 0.29) is 17.4 Å². The minimum atomic E-state index is -4.39. The third-order valence-corrected chi connectivity index (χ3v) is 1.76. The standard InChI is InChI=1S/C8H6F3N5O/c9-8(10,11)3-4-15-7(17-16-4)5-6(12)14-2-1-13-5/h1-2H,3H2,(H2,12,14). The Balaban J connectivity index is 2.28. The summed E-state index contributed by atoms with van der Waals surface area (Å²) in [5.74, 6) is -0.651. The van der Waals surface area contributed by atoms with Crippen LogP contribution in [0.2, 0.25) is 0 Å². The Morgan fingerprint density at radius 2 is 1.94 bits per heavy atom. The minimum Gasteiger partial charge on any atom is -0.382 e. The van der Waals surface area contributed by atoms with Crippen molar-refractivity contribution in [3.63, 3.8) is 0 Å². The maximum atomic E-state index is 12.1. The first kappa shape index (κ1) is 11.3. The van der Waals surface area contributed by atoms with Crippen LogP contribution in [0.25, 0.3) is 11.6 Å². The lowest BCUT2D eigenvalue weighted by Gasteiger charge is -1.99. The number of rotatable bonds is 2. The van der Waals surface area contributed by atoms with Crippen molar-refractivity contribution in [1.82, 2.24) is 20.1 Å². The van der Waals surface area contributed by atoms with E-state index in [2.05, 4.69) is 24.6 Å². The van der Waals surface area contributed by atoms with Crippen molar-refractivity contribution in [3.8, 4) is 11.6 Å². The Morgan fingerprint density at radius 1 is 1.24 bits per heavy atom. The Bertz CT molecular complexity index is 524. The van der Waals surface area contributed by atoms with Gasteiger partial charge in [0.1, 0.15) is 6.42 Å². The number of nitrogens with zero attached hydrogens (tertiary/aromatic N) is 4. The highest BCUT2D eigenvalue weighted by atomic mass is 19.4. The van der Waals surface area contributed by atoms with Gasteiger partial charge in [-0.25, -0.2) is 9.97 Å². The van der Waals surface area contributed by atoms with Gasteiger partial charge in [-0.2, -0.15) is 18.2 Å². The van der Waals surface area contributed by atoms with Crippen molar-refractivity contribution in [1.29, 1.82) is 0 Å². The van der Waals surface area contributed by atoms with Crippen LogP contribution in [0.4, 0.5) is 19.0 Å². The summed E-state index contributed by atoms with van der Waals surface area (Å²) in [6.07, 6.45) is -3.00. The quantitative estimate of drug-likeness (QED) is 0.855. The summed E-state index contributed by atoms with van der Waals surface area (Å²) in [5, 5.41) is 3.19. The van der Waals surface area contributed by atoms with E-state index >= 15 is 0 Å². The highest BCUT2D eigenvalue weighted by Crippen LogP contribution is 2.23. The molecule has 9 heteroatoms. The van der Waals surface area contributed by atoms with Crippen LogP contribution < -0.4 is 5.73 Å². The molecule has 2 heterocycles. The van der Waals surface area contributed by atoms with Gasteiger partial charge >= 0.3 is 6.18 Å². The van der Waals surface area contributed by atoms with Gasteiger partial charge in [-0.15, -0.1) is 0 Å². The van der Waals surface area contributed by atoms with Gasteiger partial charge in [-0.05, 0) is 0 Å². The van der Waals surface area contributed by atoms with E-state index in [0.29, 0.717) is 0 Å². The Kier molecular flexibility index (Phi) is 2.66. The van der Waals surface area contributed by atoms with Gasteiger partial charge in [0, 0.05) is 12.4 Å². The second-order valence-electron chi connectivity index (χ2n) is 3.10. The molecular formula is C8H6F3N5O. The number of anilines is 1. The fraction of sp³-hybridized carbons (Fsp3) is 0.250. The van der Waals surface area contributed by atoms with Crippen LogP contribution in [0.3, 0.4) is 0 Å². The van der Waals surface area contributed by atoms with Crippen molar-refractivity contribution in [2.45, 2.75) is 12.6 Å². The predicted octanol–water partition coefficient (Wildman–Crippen LogP) is 1.21. The first-order chi connectivity index (χ1) is 7.96. The largest absolute Gasteiger partial charge is 0.396 e. The molecule has 2 aromatic heterocycles. The molecule has 0 bridgehead atoms. The molecule has 0 saturated heterocycles. The van der Waals surface area contributed by atoms with E-state index in [4.69, 9.17) is 5.73 Å². The summed E-state index contributed by atoms with van der Waals surface area (Å²) in [6, 6.07) is 0. The first-order valence-corrected chi connectivity index (χ1v) is 4.42. The molecule has 2 aromatic rings.